The zero-order valence-electron chi connectivity index (χ0n) is 16.1. The molecule has 0 radical (unpaired) electrons. The van der Waals surface area contributed by atoms with Crippen molar-refractivity contribution in [3.8, 4) is 0 Å². The maximum Gasteiger partial charge on any atom is 0.352 e. The van der Waals surface area contributed by atoms with Crippen molar-refractivity contribution in [3.63, 3.8) is 0 Å². The summed E-state index contributed by atoms with van der Waals surface area (Å²) in [7, 11) is 0. The molecule has 0 bridgehead atoms. The standard InChI is InChI=1S/C23H24BrNO3S/c24-19-7-3-4-8-21(19)29-18-12-9-17(10-13-18)15-20(23(27)28)25-22(26)14-11-16-5-1-2-6-16/h3-4,7-10,12-13,15-16H,1-2,5-6,11,14H2,(H,25,26)(H,27,28)/b20-15+. The molecule has 2 aromatic carbocycles. The molecule has 2 aromatic rings. The van der Waals surface area contributed by atoms with E-state index in [1.165, 1.54) is 31.8 Å². The molecule has 0 saturated heterocycles. The van der Waals surface area contributed by atoms with E-state index in [-0.39, 0.29) is 11.6 Å². The third-order valence-corrected chi connectivity index (χ3v) is 7.05. The van der Waals surface area contributed by atoms with Crippen molar-refractivity contribution < 1.29 is 14.7 Å². The fraction of sp³-hybridized carbons (Fsp3) is 0.304. The number of nitrogens with one attached hydrogen (secondary N) is 1. The molecule has 0 atom stereocenters. The fourth-order valence-corrected chi connectivity index (χ4v) is 4.82. The van der Waals surface area contributed by atoms with Crippen molar-refractivity contribution >= 4 is 45.6 Å². The molecule has 4 nitrogen and oxygen atoms in total. The molecule has 0 unspecified atom stereocenters. The van der Waals surface area contributed by atoms with Crippen LogP contribution >= 0.6 is 27.7 Å². The normalized spacial score (nSPS) is 14.7. The molecule has 1 aliphatic carbocycles. The first-order valence-corrected chi connectivity index (χ1v) is 11.4. The Morgan fingerprint density at radius 3 is 2.45 bits per heavy atom. The zero-order valence-corrected chi connectivity index (χ0v) is 18.5. The number of carboxylic acid groups (broad SMARTS) is 1. The highest BCUT2D eigenvalue weighted by Gasteiger charge is 2.17. The second-order valence-corrected chi connectivity index (χ2v) is 9.17. The molecule has 1 aliphatic rings. The molecule has 2 N–H and O–H groups in total. The van der Waals surface area contributed by atoms with Crippen LogP contribution < -0.4 is 5.32 Å². The fourth-order valence-electron chi connectivity index (χ4n) is 3.45. The number of hydrogen-bond acceptors (Lipinski definition) is 3. The second kappa shape index (κ2) is 10.6. The predicted octanol–water partition coefficient (Wildman–Crippen LogP) is 6.11. The van der Waals surface area contributed by atoms with Crippen molar-refractivity contribution in [1.29, 1.82) is 0 Å². The number of carbonyl (C=O) groups excluding carboxylic acids is 1. The van der Waals surface area contributed by atoms with Crippen molar-refractivity contribution in [1.82, 2.24) is 5.32 Å². The van der Waals surface area contributed by atoms with Gasteiger partial charge in [0.2, 0.25) is 5.91 Å². The van der Waals surface area contributed by atoms with Gasteiger partial charge in [0.15, 0.2) is 0 Å². The van der Waals surface area contributed by atoms with Gasteiger partial charge < -0.3 is 10.4 Å². The number of rotatable bonds is 8. The highest BCUT2D eigenvalue weighted by Crippen LogP contribution is 2.33. The summed E-state index contributed by atoms with van der Waals surface area (Å²) in [5.74, 6) is -0.759. The first-order valence-electron chi connectivity index (χ1n) is 9.78. The zero-order chi connectivity index (χ0) is 20.6. The number of amides is 1. The van der Waals surface area contributed by atoms with E-state index in [0.29, 0.717) is 12.3 Å². The van der Waals surface area contributed by atoms with Gasteiger partial charge in [-0.1, -0.05) is 61.7 Å². The summed E-state index contributed by atoms with van der Waals surface area (Å²) < 4.78 is 1.03. The Bertz CT molecular complexity index is 889. The first kappa shape index (κ1) is 21.7. The maximum atomic E-state index is 12.2. The van der Waals surface area contributed by atoms with Crippen LogP contribution in [0.5, 0.6) is 0 Å². The van der Waals surface area contributed by atoms with Gasteiger partial charge >= 0.3 is 5.97 Å². The Morgan fingerprint density at radius 1 is 1.10 bits per heavy atom. The molecule has 152 valence electrons. The van der Waals surface area contributed by atoms with Gasteiger partial charge in [-0.3, -0.25) is 4.79 Å². The molecule has 0 spiro atoms. The summed E-state index contributed by atoms with van der Waals surface area (Å²) in [4.78, 5) is 25.9. The third-order valence-electron chi connectivity index (χ3n) is 5.01. The lowest BCUT2D eigenvalue weighted by molar-refractivity contribution is -0.134. The third kappa shape index (κ3) is 6.75. The monoisotopic (exact) mass is 473 g/mol. The lowest BCUT2D eigenvalue weighted by atomic mass is 10.0. The highest BCUT2D eigenvalue weighted by molar-refractivity contribution is 9.10. The Labute approximate surface area is 183 Å². The number of aliphatic carboxylic acids is 1. The van der Waals surface area contributed by atoms with E-state index in [2.05, 4.69) is 21.2 Å². The number of carbonyl (C=O) groups is 2. The van der Waals surface area contributed by atoms with Gasteiger partial charge in [0.1, 0.15) is 5.70 Å². The van der Waals surface area contributed by atoms with E-state index in [0.717, 1.165) is 26.2 Å². The molecule has 6 heteroatoms. The van der Waals surface area contributed by atoms with E-state index in [1.54, 1.807) is 11.8 Å². The summed E-state index contributed by atoms with van der Waals surface area (Å²) in [5.41, 5.74) is 0.641. The molecular formula is C23H24BrNO3S. The van der Waals surface area contributed by atoms with Gasteiger partial charge in [-0.05, 0) is 64.2 Å². The van der Waals surface area contributed by atoms with Gasteiger partial charge in [0, 0.05) is 20.7 Å². The maximum absolute atomic E-state index is 12.2. The molecule has 0 aliphatic heterocycles. The molecule has 0 aromatic heterocycles. The van der Waals surface area contributed by atoms with Crippen molar-refractivity contribution in [2.24, 2.45) is 5.92 Å². The lowest BCUT2D eigenvalue weighted by Crippen LogP contribution is -2.27. The lowest BCUT2D eigenvalue weighted by Gasteiger charge is -2.10. The minimum atomic E-state index is -1.13. The van der Waals surface area contributed by atoms with Gasteiger partial charge in [-0.15, -0.1) is 0 Å². The summed E-state index contributed by atoms with van der Waals surface area (Å²) >= 11 is 5.16. The van der Waals surface area contributed by atoms with Gasteiger partial charge in [0.05, 0.1) is 0 Å². The Morgan fingerprint density at radius 2 is 1.79 bits per heavy atom. The van der Waals surface area contributed by atoms with Crippen LogP contribution in [0.25, 0.3) is 6.08 Å². The van der Waals surface area contributed by atoms with Crippen LogP contribution in [0.1, 0.15) is 44.1 Å². The molecule has 1 saturated carbocycles. The van der Waals surface area contributed by atoms with Crippen LogP contribution in [0.15, 0.2) is 68.5 Å². The van der Waals surface area contributed by atoms with Gasteiger partial charge in [-0.25, -0.2) is 4.79 Å². The van der Waals surface area contributed by atoms with Crippen molar-refractivity contribution in [2.75, 3.05) is 0 Å². The Hall–Kier alpha value is -2.05. The summed E-state index contributed by atoms with van der Waals surface area (Å²) in [5, 5.41) is 12.0. The van der Waals surface area contributed by atoms with Crippen LogP contribution in [0.4, 0.5) is 0 Å². The van der Waals surface area contributed by atoms with Crippen LogP contribution in [-0.4, -0.2) is 17.0 Å². The van der Waals surface area contributed by atoms with Gasteiger partial charge in [-0.2, -0.15) is 0 Å². The quantitative estimate of drug-likeness (QED) is 0.453. The topological polar surface area (TPSA) is 66.4 Å². The average Bonchev–Trinajstić information content (AvgIpc) is 3.23. The first-order chi connectivity index (χ1) is 14.0. The summed E-state index contributed by atoms with van der Waals surface area (Å²) in [6.45, 7) is 0. The number of carboxylic acids is 1. The van der Waals surface area contributed by atoms with E-state index >= 15 is 0 Å². The van der Waals surface area contributed by atoms with Crippen molar-refractivity contribution in [3.05, 3.63) is 64.3 Å². The minimum absolute atomic E-state index is 0.0902. The van der Waals surface area contributed by atoms with E-state index < -0.39 is 5.97 Å². The number of benzene rings is 2. The van der Waals surface area contributed by atoms with E-state index in [4.69, 9.17) is 0 Å². The molecule has 0 heterocycles. The van der Waals surface area contributed by atoms with Gasteiger partial charge in [0.25, 0.3) is 0 Å². The SMILES string of the molecule is O=C(CCC1CCCC1)N/C(=C/c1ccc(Sc2ccccc2Br)cc1)C(=O)O. The number of hydrogen-bond donors (Lipinski definition) is 2. The molecular weight excluding hydrogens is 450 g/mol. The number of halogens is 1. The van der Waals surface area contributed by atoms with E-state index in [9.17, 15) is 14.7 Å². The molecule has 3 rings (SSSR count). The minimum Gasteiger partial charge on any atom is -0.477 e. The van der Waals surface area contributed by atoms with Crippen LogP contribution in [0.2, 0.25) is 0 Å². The predicted molar refractivity (Wildman–Crippen MR) is 120 cm³/mol. The van der Waals surface area contributed by atoms with Crippen LogP contribution in [-0.2, 0) is 9.59 Å². The summed E-state index contributed by atoms with van der Waals surface area (Å²) in [6.07, 6.45) is 7.54. The van der Waals surface area contributed by atoms with Crippen LogP contribution in [0.3, 0.4) is 0 Å². The van der Waals surface area contributed by atoms with Crippen molar-refractivity contribution in [2.45, 2.75) is 48.3 Å². The largest absolute Gasteiger partial charge is 0.477 e. The average molecular weight is 474 g/mol. The van der Waals surface area contributed by atoms with E-state index in [1.807, 2.05) is 48.5 Å². The summed E-state index contributed by atoms with van der Waals surface area (Å²) in [6, 6.07) is 15.6. The molecule has 1 fully saturated rings. The van der Waals surface area contributed by atoms with Crippen LogP contribution in [0, 0.1) is 5.92 Å². The Balaban J connectivity index is 1.61. The smallest absolute Gasteiger partial charge is 0.352 e. The second-order valence-electron chi connectivity index (χ2n) is 7.20. The highest BCUT2D eigenvalue weighted by atomic mass is 79.9. The molecule has 29 heavy (non-hydrogen) atoms. The Kier molecular flexibility index (Phi) is 7.95. The molecule has 1 amide bonds.